The summed E-state index contributed by atoms with van der Waals surface area (Å²) < 4.78 is 0. The first-order valence-corrected chi connectivity index (χ1v) is 5.85. The van der Waals surface area contributed by atoms with Crippen LogP contribution in [0.15, 0.2) is 12.1 Å². The predicted molar refractivity (Wildman–Crippen MR) is 65.2 cm³/mol. The maximum absolute atomic E-state index is 9.26. The van der Waals surface area contributed by atoms with Crippen LogP contribution in [0.2, 0.25) is 0 Å². The number of hydrogen-bond donors (Lipinski definition) is 1. The second-order valence-corrected chi connectivity index (χ2v) is 4.82. The highest BCUT2D eigenvalue weighted by Crippen LogP contribution is 2.28. The van der Waals surface area contributed by atoms with Gasteiger partial charge in [-0.05, 0) is 50.3 Å². The first kappa shape index (κ1) is 11.2. The number of aryl methyl sites for hydroxylation is 3. The number of benzene rings is 1. The number of nitrogens with one attached hydrogen (secondary N) is 1. The van der Waals surface area contributed by atoms with E-state index in [-0.39, 0.29) is 6.04 Å². The largest absolute Gasteiger partial charge is 0.295 e. The molecule has 2 nitrogen and oxygen atoms in total. The third-order valence-corrected chi connectivity index (χ3v) is 3.14. The Hall–Kier alpha value is -1.33. The van der Waals surface area contributed by atoms with Crippen molar-refractivity contribution in [3.63, 3.8) is 0 Å². The molecule has 84 valence electrons. The van der Waals surface area contributed by atoms with Crippen molar-refractivity contribution in [2.45, 2.75) is 45.7 Å². The summed E-state index contributed by atoms with van der Waals surface area (Å²) in [4.78, 5) is 0. The van der Waals surface area contributed by atoms with Crippen molar-refractivity contribution in [2.75, 3.05) is 0 Å². The van der Waals surface area contributed by atoms with E-state index in [2.05, 4.69) is 44.3 Å². The van der Waals surface area contributed by atoms with Crippen molar-refractivity contribution in [3.8, 4) is 6.07 Å². The number of rotatable bonds is 3. The molecule has 2 rings (SSSR count). The van der Waals surface area contributed by atoms with E-state index in [1.807, 2.05) is 0 Å². The van der Waals surface area contributed by atoms with E-state index in [0.29, 0.717) is 6.04 Å². The molecule has 1 saturated carbocycles. The van der Waals surface area contributed by atoms with Crippen LogP contribution >= 0.6 is 0 Å². The van der Waals surface area contributed by atoms with Crippen LogP contribution in [0, 0.1) is 32.1 Å². The molecule has 0 spiro atoms. The maximum Gasteiger partial charge on any atom is 0.122 e. The zero-order chi connectivity index (χ0) is 11.7. The Kier molecular flexibility index (Phi) is 2.98. The van der Waals surface area contributed by atoms with Crippen molar-refractivity contribution >= 4 is 0 Å². The lowest BCUT2D eigenvalue weighted by Gasteiger charge is -2.17. The third kappa shape index (κ3) is 2.25. The van der Waals surface area contributed by atoms with Crippen molar-refractivity contribution in [3.05, 3.63) is 34.4 Å². The Morgan fingerprint density at radius 2 is 1.81 bits per heavy atom. The standard InChI is InChI=1S/C14H18N2/c1-9-6-10(2)14(11(3)7-9)13(8-15)16-12-4-5-12/h6-7,12-13,16H,4-5H2,1-3H3. The summed E-state index contributed by atoms with van der Waals surface area (Å²) in [7, 11) is 0. The van der Waals surface area contributed by atoms with Crippen LogP contribution in [0.3, 0.4) is 0 Å². The first-order chi connectivity index (χ1) is 7.61. The van der Waals surface area contributed by atoms with Gasteiger partial charge in [-0.25, -0.2) is 0 Å². The number of hydrogen-bond acceptors (Lipinski definition) is 2. The Labute approximate surface area is 97.3 Å². The minimum Gasteiger partial charge on any atom is -0.295 e. The summed E-state index contributed by atoms with van der Waals surface area (Å²) in [6.07, 6.45) is 2.42. The predicted octanol–water partition coefficient (Wildman–Crippen LogP) is 2.93. The lowest BCUT2D eigenvalue weighted by atomic mass is 9.94. The zero-order valence-corrected chi connectivity index (χ0v) is 10.2. The molecule has 16 heavy (non-hydrogen) atoms. The minimum atomic E-state index is -0.145. The van der Waals surface area contributed by atoms with E-state index in [9.17, 15) is 5.26 Å². The van der Waals surface area contributed by atoms with E-state index in [1.165, 1.54) is 35.1 Å². The molecule has 0 saturated heterocycles. The quantitative estimate of drug-likeness (QED) is 0.839. The van der Waals surface area contributed by atoms with Gasteiger partial charge >= 0.3 is 0 Å². The van der Waals surface area contributed by atoms with Crippen molar-refractivity contribution in [2.24, 2.45) is 0 Å². The van der Waals surface area contributed by atoms with Crippen molar-refractivity contribution < 1.29 is 0 Å². The third-order valence-electron chi connectivity index (χ3n) is 3.14. The van der Waals surface area contributed by atoms with Gasteiger partial charge in [-0.1, -0.05) is 17.7 Å². The molecule has 1 fully saturated rings. The van der Waals surface area contributed by atoms with Gasteiger partial charge in [0, 0.05) is 6.04 Å². The molecule has 1 atom stereocenters. The second-order valence-electron chi connectivity index (χ2n) is 4.82. The maximum atomic E-state index is 9.26. The molecule has 0 bridgehead atoms. The van der Waals surface area contributed by atoms with Gasteiger partial charge in [0.05, 0.1) is 6.07 Å². The molecular weight excluding hydrogens is 196 g/mol. The minimum absolute atomic E-state index is 0.145. The first-order valence-electron chi connectivity index (χ1n) is 5.85. The lowest BCUT2D eigenvalue weighted by molar-refractivity contribution is 0.620. The molecular formula is C14H18N2. The summed E-state index contributed by atoms with van der Waals surface area (Å²) in [5.74, 6) is 0. The summed E-state index contributed by atoms with van der Waals surface area (Å²) in [5.41, 5.74) is 4.87. The monoisotopic (exact) mass is 214 g/mol. The average molecular weight is 214 g/mol. The molecule has 0 aliphatic heterocycles. The number of nitriles is 1. The summed E-state index contributed by atoms with van der Waals surface area (Å²) in [6, 6.07) is 7.10. The highest BCUT2D eigenvalue weighted by Gasteiger charge is 2.26. The fraction of sp³-hybridized carbons (Fsp3) is 0.500. The van der Waals surface area contributed by atoms with Gasteiger partial charge in [-0.2, -0.15) is 5.26 Å². The van der Waals surface area contributed by atoms with Crippen LogP contribution in [0.5, 0.6) is 0 Å². The van der Waals surface area contributed by atoms with Gasteiger partial charge in [0.15, 0.2) is 0 Å². The molecule has 0 amide bonds. The van der Waals surface area contributed by atoms with Crippen LogP contribution in [0.4, 0.5) is 0 Å². The topological polar surface area (TPSA) is 35.8 Å². The summed E-state index contributed by atoms with van der Waals surface area (Å²) in [5, 5.41) is 12.7. The van der Waals surface area contributed by atoms with Crippen LogP contribution in [-0.2, 0) is 0 Å². The van der Waals surface area contributed by atoms with Crippen LogP contribution in [-0.4, -0.2) is 6.04 Å². The average Bonchev–Trinajstić information content (AvgIpc) is 2.98. The molecule has 1 aliphatic rings. The van der Waals surface area contributed by atoms with Crippen molar-refractivity contribution in [1.82, 2.24) is 5.32 Å². The van der Waals surface area contributed by atoms with E-state index in [1.54, 1.807) is 0 Å². The highest BCUT2D eigenvalue weighted by atomic mass is 15.0. The second kappa shape index (κ2) is 4.27. The Morgan fingerprint density at radius 1 is 1.25 bits per heavy atom. The van der Waals surface area contributed by atoms with Crippen LogP contribution < -0.4 is 5.32 Å². The summed E-state index contributed by atoms with van der Waals surface area (Å²) in [6.45, 7) is 6.28. The fourth-order valence-electron chi connectivity index (χ4n) is 2.32. The molecule has 1 aromatic rings. The van der Waals surface area contributed by atoms with Gasteiger partial charge < -0.3 is 0 Å². The zero-order valence-electron chi connectivity index (χ0n) is 10.2. The Bertz CT molecular complexity index is 416. The smallest absolute Gasteiger partial charge is 0.122 e. The SMILES string of the molecule is Cc1cc(C)c(C(C#N)NC2CC2)c(C)c1. The van der Waals surface area contributed by atoms with Crippen LogP contribution in [0.1, 0.15) is 41.1 Å². The Balaban J connectivity index is 2.33. The molecule has 1 aromatic carbocycles. The van der Waals surface area contributed by atoms with Crippen molar-refractivity contribution in [1.29, 1.82) is 5.26 Å². The number of nitrogens with zero attached hydrogens (tertiary/aromatic N) is 1. The summed E-state index contributed by atoms with van der Waals surface area (Å²) >= 11 is 0. The molecule has 0 aromatic heterocycles. The normalized spacial score (nSPS) is 16.9. The van der Waals surface area contributed by atoms with Gasteiger partial charge in [0.2, 0.25) is 0 Å². The van der Waals surface area contributed by atoms with Gasteiger partial charge in [0.1, 0.15) is 6.04 Å². The molecule has 0 radical (unpaired) electrons. The van der Waals surface area contributed by atoms with E-state index in [0.717, 1.165) is 0 Å². The molecule has 1 unspecified atom stereocenters. The molecule has 0 heterocycles. The Morgan fingerprint density at radius 3 is 2.25 bits per heavy atom. The molecule has 1 N–H and O–H groups in total. The van der Waals surface area contributed by atoms with Gasteiger partial charge in [0.25, 0.3) is 0 Å². The highest BCUT2D eigenvalue weighted by molar-refractivity contribution is 5.42. The lowest BCUT2D eigenvalue weighted by Crippen LogP contribution is -2.23. The van der Waals surface area contributed by atoms with Crippen LogP contribution in [0.25, 0.3) is 0 Å². The fourth-order valence-corrected chi connectivity index (χ4v) is 2.32. The van der Waals surface area contributed by atoms with Gasteiger partial charge in [-0.3, -0.25) is 5.32 Å². The molecule has 1 aliphatic carbocycles. The molecule has 2 heteroatoms. The van der Waals surface area contributed by atoms with E-state index in [4.69, 9.17) is 0 Å². The van der Waals surface area contributed by atoms with E-state index < -0.39 is 0 Å². The van der Waals surface area contributed by atoms with Gasteiger partial charge in [-0.15, -0.1) is 0 Å². The van der Waals surface area contributed by atoms with E-state index >= 15 is 0 Å².